The number of rotatable bonds is 7. The normalized spacial score (nSPS) is 21.7. The van der Waals surface area contributed by atoms with Gasteiger partial charge in [0.1, 0.15) is 6.04 Å². The third-order valence-electron chi connectivity index (χ3n) is 4.15. The summed E-state index contributed by atoms with van der Waals surface area (Å²) in [5.41, 5.74) is -1.09. The lowest BCUT2D eigenvalue weighted by Gasteiger charge is -2.34. The van der Waals surface area contributed by atoms with Crippen LogP contribution in [0.4, 0.5) is 0 Å². The van der Waals surface area contributed by atoms with Crippen molar-refractivity contribution in [3.63, 3.8) is 0 Å². The van der Waals surface area contributed by atoms with Crippen LogP contribution in [0.25, 0.3) is 0 Å². The molecule has 0 spiro atoms. The van der Waals surface area contributed by atoms with Crippen molar-refractivity contribution in [3.05, 3.63) is 36.6 Å². The van der Waals surface area contributed by atoms with Gasteiger partial charge < -0.3 is 15.5 Å². The highest BCUT2D eigenvalue weighted by molar-refractivity contribution is 6.14. The van der Waals surface area contributed by atoms with Gasteiger partial charge in [-0.1, -0.05) is 25.8 Å². The van der Waals surface area contributed by atoms with E-state index in [-0.39, 0.29) is 0 Å². The standard InChI is InChI=1S/C10H13NO4.C8H12N2O2/c1-2-3-4-7(10(14)15)11-8(12)5-6-9(11)13;1-10(2)8(7(11)12)5-3-4-6-9-8/h5-7H,2-4H2,1H3,(H,14,15);3-6,9H,1-2H3,(H,11,12). The highest BCUT2D eigenvalue weighted by Gasteiger charge is 2.38. The number of carbonyl (C=O) groups is 4. The predicted octanol–water partition coefficient (Wildman–Crippen LogP) is 0.557. The summed E-state index contributed by atoms with van der Waals surface area (Å²) in [6, 6.07) is -1.03. The molecule has 0 aromatic rings. The van der Waals surface area contributed by atoms with E-state index in [1.54, 1.807) is 43.4 Å². The minimum Gasteiger partial charge on any atom is -0.480 e. The van der Waals surface area contributed by atoms with Crippen molar-refractivity contribution in [2.45, 2.75) is 37.9 Å². The van der Waals surface area contributed by atoms with Gasteiger partial charge in [0.05, 0.1) is 0 Å². The molecule has 0 fully saturated rings. The monoisotopic (exact) mass is 379 g/mol. The van der Waals surface area contributed by atoms with Crippen LogP contribution in [0.1, 0.15) is 26.2 Å². The largest absolute Gasteiger partial charge is 0.480 e. The number of carboxylic acid groups (broad SMARTS) is 2. The predicted molar refractivity (Wildman–Crippen MR) is 97.4 cm³/mol. The lowest BCUT2D eigenvalue weighted by Crippen LogP contribution is -2.59. The average Bonchev–Trinajstić information content (AvgIpc) is 2.95. The van der Waals surface area contributed by atoms with Crippen molar-refractivity contribution < 1.29 is 29.4 Å². The molecule has 9 heteroatoms. The molecule has 2 aliphatic heterocycles. The van der Waals surface area contributed by atoms with Crippen molar-refractivity contribution in [2.75, 3.05) is 14.1 Å². The van der Waals surface area contributed by atoms with Gasteiger partial charge in [-0.15, -0.1) is 0 Å². The van der Waals surface area contributed by atoms with Gasteiger partial charge in [-0.25, -0.2) is 9.59 Å². The van der Waals surface area contributed by atoms with Gasteiger partial charge in [0.15, 0.2) is 0 Å². The Hall–Kier alpha value is -2.94. The van der Waals surface area contributed by atoms with E-state index >= 15 is 0 Å². The molecule has 0 aliphatic carbocycles. The number of hydrogen-bond donors (Lipinski definition) is 3. The average molecular weight is 379 g/mol. The zero-order chi connectivity index (χ0) is 20.6. The number of nitrogens with one attached hydrogen (secondary N) is 1. The number of nitrogens with zero attached hydrogens (tertiary/aromatic N) is 2. The second-order valence-corrected chi connectivity index (χ2v) is 6.20. The molecule has 27 heavy (non-hydrogen) atoms. The lowest BCUT2D eigenvalue weighted by atomic mass is 10.1. The first-order valence-electron chi connectivity index (χ1n) is 8.48. The summed E-state index contributed by atoms with van der Waals surface area (Å²) < 4.78 is 0. The summed E-state index contributed by atoms with van der Waals surface area (Å²) in [6.45, 7) is 1.92. The van der Waals surface area contributed by atoms with Gasteiger partial charge in [-0.3, -0.25) is 19.4 Å². The Bertz CT molecular complexity index is 665. The molecule has 0 saturated carbocycles. The Labute approximate surface area is 157 Å². The number of unbranched alkanes of at least 4 members (excludes halogenated alkanes) is 1. The minimum atomic E-state index is -1.13. The lowest BCUT2D eigenvalue weighted by molar-refractivity contribution is -0.153. The van der Waals surface area contributed by atoms with Crippen LogP contribution in [0.15, 0.2) is 36.6 Å². The van der Waals surface area contributed by atoms with E-state index in [0.29, 0.717) is 12.8 Å². The van der Waals surface area contributed by atoms with E-state index in [4.69, 9.17) is 10.2 Å². The highest BCUT2D eigenvalue weighted by Crippen LogP contribution is 2.15. The highest BCUT2D eigenvalue weighted by atomic mass is 16.4. The van der Waals surface area contributed by atoms with Crippen molar-refractivity contribution in [1.82, 2.24) is 15.1 Å². The maximum Gasteiger partial charge on any atom is 0.349 e. The molecule has 2 rings (SSSR count). The fourth-order valence-electron chi connectivity index (χ4n) is 2.56. The molecule has 0 bridgehead atoms. The Kier molecular flexibility index (Phi) is 7.92. The fourth-order valence-corrected chi connectivity index (χ4v) is 2.56. The van der Waals surface area contributed by atoms with Gasteiger partial charge in [0.25, 0.3) is 11.8 Å². The molecule has 9 nitrogen and oxygen atoms in total. The molecule has 2 heterocycles. The van der Waals surface area contributed by atoms with Gasteiger partial charge in [0.2, 0.25) is 5.66 Å². The maximum absolute atomic E-state index is 11.2. The van der Waals surface area contributed by atoms with Crippen molar-refractivity contribution in [2.24, 2.45) is 0 Å². The van der Waals surface area contributed by atoms with Crippen LogP contribution in [-0.2, 0) is 19.2 Å². The first-order valence-corrected chi connectivity index (χ1v) is 8.48. The van der Waals surface area contributed by atoms with Gasteiger partial charge >= 0.3 is 11.9 Å². The summed E-state index contributed by atoms with van der Waals surface area (Å²) in [5.74, 6) is -3.12. The number of allylic oxidation sites excluding steroid dienone is 2. The molecule has 148 valence electrons. The Morgan fingerprint density at radius 1 is 1.19 bits per heavy atom. The van der Waals surface area contributed by atoms with Crippen LogP contribution in [0.5, 0.6) is 0 Å². The van der Waals surface area contributed by atoms with Gasteiger partial charge in [-0.2, -0.15) is 0 Å². The van der Waals surface area contributed by atoms with E-state index < -0.39 is 35.5 Å². The third kappa shape index (κ3) is 5.27. The summed E-state index contributed by atoms with van der Waals surface area (Å²) in [7, 11) is 3.43. The quantitative estimate of drug-likeness (QED) is 0.548. The summed E-state index contributed by atoms with van der Waals surface area (Å²) in [6.07, 6.45) is 10.7. The zero-order valence-electron chi connectivity index (χ0n) is 15.6. The third-order valence-corrected chi connectivity index (χ3v) is 4.15. The molecule has 2 atom stereocenters. The number of imide groups is 1. The Balaban J connectivity index is 0.000000277. The molecule has 0 aromatic carbocycles. The van der Waals surface area contributed by atoms with Crippen LogP contribution < -0.4 is 5.32 Å². The minimum absolute atomic E-state index is 0.311. The van der Waals surface area contributed by atoms with Crippen LogP contribution >= 0.6 is 0 Å². The van der Waals surface area contributed by atoms with E-state index in [0.717, 1.165) is 23.5 Å². The molecule has 2 aliphatic rings. The second-order valence-electron chi connectivity index (χ2n) is 6.20. The molecular weight excluding hydrogens is 354 g/mol. The SMILES string of the molecule is CCCCC(C(=O)O)N1C(=O)C=CC1=O.CN(C)C1(C(=O)O)C=CC=CN1. The summed E-state index contributed by atoms with van der Waals surface area (Å²) in [4.78, 5) is 46.7. The number of carbonyl (C=O) groups excluding carboxylic acids is 2. The fraction of sp³-hybridized carbons (Fsp3) is 0.444. The van der Waals surface area contributed by atoms with E-state index in [9.17, 15) is 19.2 Å². The number of aliphatic carboxylic acids is 2. The zero-order valence-corrected chi connectivity index (χ0v) is 15.6. The number of likely N-dealkylation sites (N-methyl/N-ethyl adjacent to an activating group) is 1. The number of dihydropyridines is 1. The van der Waals surface area contributed by atoms with Crippen LogP contribution in [0, 0.1) is 0 Å². The van der Waals surface area contributed by atoms with Crippen LogP contribution in [-0.4, -0.2) is 69.6 Å². The molecule has 3 N–H and O–H groups in total. The molecule has 0 saturated heterocycles. The van der Waals surface area contributed by atoms with Crippen molar-refractivity contribution in [1.29, 1.82) is 0 Å². The van der Waals surface area contributed by atoms with Crippen molar-refractivity contribution >= 4 is 23.8 Å². The summed E-state index contributed by atoms with van der Waals surface area (Å²) in [5, 5.41) is 20.7. The molecule has 2 unspecified atom stereocenters. The second kappa shape index (κ2) is 9.67. The first kappa shape index (κ1) is 22.1. The van der Waals surface area contributed by atoms with Gasteiger partial charge in [-0.05, 0) is 38.9 Å². The molecule has 0 radical (unpaired) electrons. The van der Waals surface area contributed by atoms with E-state index in [2.05, 4.69) is 5.32 Å². The van der Waals surface area contributed by atoms with Crippen LogP contribution in [0.3, 0.4) is 0 Å². The Morgan fingerprint density at radius 3 is 2.11 bits per heavy atom. The number of hydrogen-bond acceptors (Lipinski definition) is 6. The Morgan fingerprint density at radius 2 is 1.78 bits per heavy atom. The first-order chi connectivity index (χ1) is 12.7. The van der Waals surface area contributed by atoms with Gasteiger partial charge in [0, 0.05) is 12.2 Å². The van der Waals surface area contributed by atoms with E-state index in [1.807, 2.05) is 6.92 Å². The topological polar surface area (TPSA) is 127 Å². The number of amides is 2. The van der Waals surface area contributed by atoms with E-state index in [1.165, 1.54) is 0 Å². The number of carboxylic acids is 2. The maximum atomic E-state index is 11.2. The molecular formula is C18H25N3O6. The van der Waals surface area contributed by atoms with Crippen molar-refractivity contribution in [3.8, 4) is 0 Å². The van der Waals surface area contributed by atoms with Crippen LogP contribution in [0.2, 0.25) is 0 Å². The summed E-state index contributed by atoms with van der Waals surface area (Å²) >= 11 is 0. The molecule has 2 amide bonds. The smallest absolute Gasteiger partial charge is 0.349 e. The molecule has 0 aromatic heterocycles.